The number of carbonyl (C=O) groups is 1. The van der Waals surface area contributed by atoms with Crippen LogP contribution in [0, 0.1) is 12.8 Å². The molecule has 2 heterocycles. The molecule has 0 radical (unpaired) electrons. The van der Waals surface area contributed by atoms with Crippen molar-refractivity contribution in [2.24, 2.45) is 5.92 Å². The predicted molar refractivity (Wildman–Crippen MR) is 82.0 cm³/mol. The van der Waals surface area contributed by atoms with Gasteiger partial charge in [0.05, 0.1) is 11.3 Å². The van der Waals surface area contributed by atoms with Crippen molar-refractivity contribution in [1.82, 2.24) is 9.88 Å². The summed E-state index contributed by atoms with van der Waals surface area (Å²) in [5.41, 5.74) is 2.52. The number of nitrogens with zero attached hydrogens (tertiary/aromatic N) is 2. The standard InChI is InChI=1S/C16H25N3O/c1-5-17-15-9-12(3)18-10-14(15)16(20)19-8-6-7-11(2)13(19)4/h9-11,13H,5-8H2,1-4H3,(H,17,18). The third-order valence-electron chi connectivity index (χ3n) is 4.27. The van der Waals surface area contributed by atoms with E-state index in [2.05, 4.69) is 24.1 Å². The number of hydrogen-bond acceptors (Lipinski definition) is 3. The first kappa shape index (κ1) is 14.8. The highest BCUT2D eigenvalue weighted by atomic mass is 16.2. The Kier molecular flexibility index (Phi) is 4.63. The smallest absolute Gasteiger partial charge is 0.257 e. The van der Waals surface area contributed by atoms with Gasteiger partial charge in [-0.2, -0.15) is 0 Å². The van der Waals surface area contributed by atoms with Crippen LogP contribution >= 0.6 is 0 Å². The first-order chi connectivity index (χ1) is 9.54. The topological polar surface area (TPSA) is 45.2 Å². The average Bonchev–Trinajstić information content (AvgIpc) is 2.42. The fourth-order valence-electron chi connectivity index (χ4n) is 2.84. The van der Waals surface area contributed by atoms with Crippen LogP contribution < -0.4 is 5.32 Å². The summed E-state index contributed by atoms with van der Waals surface area (Å²) < 4.78 is 0. The lowest BCUT2D eigenvalue weighted by atomic mass is 9.91. The van der Waals surface area contributed by atoms with Crippen LogP contribution in [0.3, 0.4) is 0 Å². The Morgan fingerprint density at radius 2 is 2.25 bits per heavy atom. The average molecular weight is 275 g/mol. The molecule has 20 heavy (non-hydrogen) atoms. The second-order valence-electron chi connectivity index (χ2n) is 5.76. The van der Waals surface area contributed by atoms with Crippen molar-refractivity contribution in [3.63, 3.8) is 0 Å². The minimum Gasteiger partial charge on any atom is -0.385 e. The summed E-state index contributed by atoms with van der Waals surface area (Å²) >= 11 is 0. The number of amides is 1. The number of pyridine rings is 1. The number of likely N-dealkylation sites (tertiary alicyclic amines) is 1. The first-order valence-electron chi connectivity index (χ1n) is 7.56. The van der Waals surface area contributed by atoms with Gasteiger partial charge in [0.25, 0.3) is 5.91 Å². The Bertz CT molecular complexity index is 487. The van der Waals surface area contributed by atoms with Crippen LogP contribution in [0.2, 0.25) is 0 Å². The molecule has 0 bridgehead atoms. The number of hydrogen-bond donors (Lipinski definition) is 1. The fourth-order valence-corrected chi connectivity index (χ4v) is 2.84. The molecule has 2 unspecified atom stereocenters. The van der Waals surface area contributed by atoms with E-state index in [4.69, 9.17) is 0 Å². The van der Waals surface area contributed by atoms with Gasteiger partial charge in [0, 0.05) is 31.0 Å². The third-order valence-corrected chi connectivity index (χ3v) is 4.27. The van der Waals surface area contributed by atoms with E-state index in [9.17, 15) is 4.79 Å². The second kappa shape index (κ2) is 6.25. The lowest BCUT2D eigenvalue weighted by molar-refractivity contribution is 0.0551. The highest BCUT2D eigenvalue weighted by molar-refractivity contribution is 5.99. The third kappa shape index (κ3) is 2.94. The Morgan fingerprint density at radius 3 is 2.95 bits per heavy atom. The van der Waals surface area contributed by atoms with Gasteiger partial charge in [0.15, 0.2) is 0 Å². The molecule has 1 fully saturated rings. The molecule has 0 aliphatic carbocycles. The summed E-state index contributed by atoms with van der Waals surface area (Å²) in [7, 11) is 0. The Hall–Kier alpha value is -1.58. The highest BCUT2D eigenvalue weighted by Crippen LogP contribution is 2.26. The molecular formula is C16H25N3O. The van der Waals surface area contributed by atoms with Crippen LogP contribution in [0.5, 0.6) is 0 Å². The molecule has 2 rings (SSSR count). The summed E-state index contributed by atoms with van der Waals surface area (Å²) in [6.45, 7) is 10.0. The summed E-state index contributed by atoms with van der Waals surface area (Å²) in [6.07, 6.45) is 4.01. The highest BCUT2D eigenvalue weighted by Gasteiger charge is 2.30. The van der Waals surface area contributed by atoms with Crippen LogP contribution in [-0.2, 0) is 0 Å². The molecule has 0 aromatic carbocycles. The van der Waals surface area contributed by atoms with E-state index in [1.54, 1.807) is 6.20 Å². The van der Waals surface area contributed by atoms with E-state index in [1.807, 2.05) is 24.8 Å². The minimum absolute atomic E-state index is 0.104. The van der Waals surface area contributed by atoms with Crippen molar-refractivity contribution in [1.29, 1.82) is 0 Å². The first-order valence-corrected chi connectivity index (χ1v) is 7.56. The summed E-state index contributed by atoms with van der Waals surface area (Å²) in [5, 5.41) is 3.28. The molecule has 0 spiro atoms. The molecule has 1 aromatic rings. The van der Waals surface area contributed by atoms with Gasteiger partial charge in [-0.05, 0) is 45.6 Å². The summed E-state index contributed by atoms with van der Waals surface area (Å²) in [5.74, 6) is 0.668. The van der Waals surface area contributed by atoms with Gasteiger partial charge < -0.3 is 10.2 Å². The van der Waals surface area contributed by atoms with Crippen LogP contribution in [0.25, 0.3) is 0 Å². The summed E-state index contributed by atoms with van der Waals surface area (Å²) in [6, 6.07) is 2.25. The van der Waals surface area contributed by atoms with Crippen LogP contribution in [0.4, 0.5) is 5.69 Å². The van der Waals surface area contributed by atoms with E-state index >= 15 is 0 Å². The van der Waals surface area contributed by atoms with Crippen LogP contribution in [0.1, 0.15) is 49.7 Å². The van der Waals surface area contributed by atoms with E-state index < -0.39 is 0 Å². The molecule has 1 aliphatic heterocycles. The zero-order chi connectivity index (χ0) is 14.7. The molecule has 1 N–H and O–H groups in total. The second-order valence-corrected chi connectivity index (χ2v) is 5.76. The van der Waals surface area contributed by atoms with Gasteiger partial charge in [0.1, 0.15) is 0 Å². The number of aryl methyl sites for hydroxylation is 1. The van der Waals surface area contributed by atoms with E-state index in [0.717, 1.165) is 30.9 Å². The van der Waals surface area contributed by atoms with E-state index in [1.165, 1.54) is 6.42 Å². The minimum atomic E-state index is 0.104. The number of carbonyl (C=O) groups excluding carboxylic acids is 1. The summed E-state index contributed by atoms with van der Waals surface area (Å²) in [4.78, 5) is 19.1. The number of piperidine rings is 1. The van der Waals surface area contributed by atoms with Gasteiger partial charge in [-0.1, -0.05) is 6.92 Å². The normalized spacial score (nSPS) is 22.7. The molecule has 1 amide bonds. The molecule has 110 valence electrons. The molecule has 1 aromatic heterocycles. The van der Waals surface area contributed by atoms with E-state index in [-0.39, 0.29) is 5.91 Å². The number of rotatable bonds is 3. The maximum atomic E-state index is 12.8. The Morgan fingerprint density at radius 1 is 1.50 bits per heavy atom. The van der Waals surface area contributed by atoms with Gasteiger partial charge >= 0.3 is 0 Å². The van der Waals surface area contributed by atoms with Crippen molar-refractivity contribution in [2.45, 2.75) is 46.6 Å². The SMILES string of the molecule is CCNc1cc(C)ncc1C(=O)N1CCCC(C)C1C. The fraction of sp³-hybridized carbons (Fsp3) is 0.625. The largest absolute Gasteiger partial charge is 0.385 e. The Labute approximate surface area is 121 Å². The molecule has 0 saturated carbocycles. The van der Waals surface area contributed by atoms with Gasteiger partial charge in [-0.15, -0.1) is 0 Å². The van der Waals surface area contributed by atoms with Gasteiger partial charge in [-0.25, -0.2) is 0 Å². The maximum absolute atomic E-state index is 12.8. The number of anilines is 1. The molecule has 4 heteroatoms. The number of nitrogens with one attached hydrogen (secondary N) is 1. The van der Waals surface area contributed by atoms with Crippen LogP contribution in [0.15, 0.2) is 12.3 Å². The van der Waals surface area contributed by atoms with Crippen molar-refractivity contribution in [2.75, 3.05) is 18.4 Å². The van der Waals surface area contributed by atoms with Crippen molar-refractivity contribution in [3.05, 3.63) is 23.5 Å². The van der Waals surface area contributed by atoms with Gasteiger partial charge in [0.2, 0.25) is 0 Å². The molecule has 2 atom stereocenters. The zero-order valence-electron chi connectivity index (χ0n) is 12.9. The van der Waals surface area contributed by atoms with Crippen molar-refractivity contribution < 1.29 is 4.79 Å². The van der Waals surface area contributed by atoms with Crippen molar-refractivity contribution in [3.8, 4) is 0 Å². The molecular weight excluding hydrogens is 250 g/mol. The molecule has 4 nitrogen and oxygen atoms in total. The van der Waals surface area contributed by atoms with Gasteiger partial charge in [-0.3, -0.25) is 9.78 Å². The lowest BCUT2D eigenvalue weighted by Crippen LogP contribution is -2.46. The maximum Gasteiger partial charge on any atom is 0.257 e. The lowest BCUT2D eigenvalue weighted by Gasteiger charge is -2.38. The predicted octanol–water partition coefficient (Wildman–Crippen LogP) is 3.08. The van der Waals surface area contributed by atoms with Crippen LogP contribution in [-0.4, -0.2) is 34.9 Å². The van der Waals surface area contributed by atoms with E-state index in [0.29, 0.717) is 17.5 Å². The quantitative estimate of drug-likeness (QED) is 0.922. The molecule has 1 aliphatic rings. The van der Waals surface area contributed by atoms with Crippen molar-refractivity contribution >= 4 is 11.6 Å². The molecule has 1 saturated heterocycles. The number of aromatic nitrogens is 1. The Balaban J connectivity index is 2.28. The zero-order valence-corrected chi connectivity index (χ0v) is 12.9. The monoisotopic (exact) mass is 275 g/mol.